The Bertz CT molecular complexity index is 860. The van der Waals surface area contributed by atoms with Gasteiger partial charge in [0.15, 0.2) is 0 Å². The largest absolute Gasteiger partial charge is 0.490 e. The van der Waals surface area contributed by atoms with Crippen molar-refractivity contribution in [1.29, 1.82) is 0 Å². The van der Waals surface area contributed by atoms with E-state index >= 15 is 0 Å². The van der Waals surface area contributed by atoms with Crippen LogP contribution in [0.25, 0.3) is 0 Å². The van der Waals surface area contributed by atoms with E-state index in [2.05, 4.69) is 0 Å². The molecular weight excluding hydrogens is 398 g/mol. The summed E-state index contributed by atoms with van der Waals surface area (Å²) in [5.41, 5.74) is 1.06. The Morgan fingerprint density at radius 2 is 1.89 bits per heavy atom. The molecule has 2 aliphatic rings. The van der Waals surface area contributed by atoms with Gasteiger partial charge in [-0.05, 0) is 36.2 Å². The van der Waals surface area contributed by atoms with Crippen LogP contribution in [0.4, 0.5) is 0 Å². The zero-order valence-electron chi connectivity index (χ0n) is 15.2. The highest BCUT2D eigenvalue weighted by molar-refractivity contribution is 8.00. The highest BCUT2D eigenvalue weighted by Gasteiger charge is 2.57. The van der Waals surface area contributed by atoms with Gasteiger partial charge in [-0.25, -0.2) is 4.79 Å². The van der Waals surface area contributed by atoms with Crippen molar-refractivity contribution in [2.24, 2.45) is 0 Å². The molecule has 0 spiro atoms. The number of fused-ring (bicyclic) bond motifs is 1. The Labute approximate surface area is 172 Å². The normalized spacial score (nSPS) is 23.5. The summed E-state index contributed by atoms with van der Waals surface area (Å²) in [6.07, 6.45) is 1.16. The number of esters is 1. The molecule has 7 heteroatoms. The van der Waals surface area contributed by atoms with E-state index in [1.54, 1.807) is 40.9 Å². The molecule has 0 N–H and O–H groups in total. The fourth-order valence-corrected chi connectivity index (χ4v) is 5.51. The van der Waals surface area contributed by atoms with Gasteiger partial charge in [-0.2, -0.15) is 0 Å². The van der Waals surface area contributed by atoms with Crippen LogP contribution in [-0.2, 0) is 19.2 Å². The maximum atomic E-state index is 12.7. The number of halogens is 1. The summed E-state index contributed by atoms with van der Waals surface area (Å²) < 4.78 is 11.0. The zero-order valence-corrected chi connectivity index (χ0v) is 16.7. The van der Waals surface area contributed by atoms with Crippen LogP contribution in [0.5, 0.6) is 5.75 Å². The Kier molecular flexibility index (Phi) is 5.51. The number of amides is 1. The van der Waals surface area contributed by atoms with Crippen LogP contribution < -0.4 is 4.74 Å². The molecule has 1 amide bonds. The summed E-state index contributed by atoms with van der Waals surface area (Å²) in [5.74, 6) is 0.834. The van der Waals surface area contributed by atoms with Gasteiger partial charge in [-0.3, -0.25) is 4.79 Å². The molecule has 28 heavy (non-hydrogen) atoms. The molecule has 2 unspecified atom stereocenters. The lowest BCUT2D eigenvalue weighted by molar-refractivity contribution is -0.154. The molecule has 0 saturated carbocycles. The first-order chi connectivity index (χ1) is 13.6. The Morgan fingerprint density at radius 3 is 2.64 bits per heavy atom. The smallest absolute Gasteiger partial charge is 0.329 e. The highest BCUT2D eigenvalue weighted by Crippen LogP contribution is 2.54. The van der Waals surface area contributed by atoms with E-state index in [4.69, 9.17) is 21.1 Å². The average Bonchev–Trinajstić information content (AvgIpc) is 3.26. The molecule has 2 atom stereocenters. The van der Waals surface area contributed by atoms with Crippen LogP contribution in [0, 0.1) is 0 Å². The predicted octanol–water partition coefficient (Wildman–Crippen LogP) is 3.85. The summed E-state index contributed by atoms with van der Waals surface area (Å²) >= 11 is 7.49. The zero-order chi connectivity index (χ0) is 19.6. The third kappa shape index (κ3) is 3.59. The molecule has 0 radical (unpaired) electrons. The molecule has 2 aromatic rings. The SMILES string of the molecule is O=C(OCCOc1ccc(Cl)cc1)C1CSC2(c3ccccc3)CCC(=O)N12. The lowest BCUT2D eigenvalue weighted by Crippen LogP contribution is -2.46. The highest BCUT2D eigenvalue weighted by atomic mass is 35.5. The maximum Gasteiger partial charge on any atom is 0.329 e. The van der Waals surface area contributed by atoms with Gasteiger partial charge in [0.2, 0.25) is 5.91 Å². The summed E-state index contributed by atoms with van der Waals surface area (Å²) in [7, 11) is 0. The van der Waals surface area contributed by atoms with E-state index in [1.807, 2.05) is 30.3 Å². The van der Waals surface area contributed by atoms with Crippen LogP contribution in [0.1, 0.15) is 18.4 Å². The summed E-state index contributed by atoms with van der Waals surface area (Å²) in [6.45, 7) is 0.369. The van der Waals surface area contributed by atoms with Crippen molar-refractivity contribution >= 4 is 35.2 Å². The first kappa shape index (κ1) is 19.2. The van der Waals surface area contributed by atoms with Gasteiger partial charge in [-0.15, -0.1) is 11.8 Å². The van der Waals surface area contributed by atoms with Gasteiger partial charge < -0.3 is 14.4 Å². The molecule has 2 saturated heterocycles. The monoisotopic (exact) mass is 417 g/mol. The van der Waals surface area contributed by atoms with E-state index in [-0.39, 0.29) is 25.1 Å². The number of benzene rings is 2. The number of nitrogens with zero attached hydrogens (tertiary/aromatic N) is 1. The maximum absolute atomic E-state index is 12.7. The van der Waals surface area contributed by atoms with E-state index < -0.39 is 10.9 Å². The Hall–Kier alpha value is -2.18. The van der Waals surface area contributed by atoms with Crippen molar-refractivity contribution in [3.63, 3.8) is 0 Å². The summed E-state index contributed by atoms with van der Waals surface area (Å²) in [4.78, 5) is 26.5. The third-order valence-electron chi connectivity index (χ3n) is 5.03. The van der Waals surface area contributed by atoms with Crippen LogP contribution in [0.15, 0.2) is 54.6 Å². The first-order valence-corrected chi connectivity index (χ1v) is 10.5. The van der Waals surface area contributed by atoms with Gasteiger partial charge in [0.25, 0.3) is 0 Å². The van der Waals surface area contributed by atoms with E-state index in [9.17, 15) is 9.59 Å². The molecule has 4 rings (SSSR count). The molecule has 2 aliphatic heterocycles. The van der Waals surface area contributed by atoms with Crippen LogP contribution in [0.3, 0.4) is 0 Å². The minimum atomic E-state index is -0.560. The quantitative estimate of drug-likeness (QED) is 0.527. The van der Waals surface area contributed by atoms with Gasteiger partial charge >= 0.3 is 5.97 Å². The second kappa shape index (κ2) is 8.05. The van der Waals surface area contributed by atoms with Crippen molar-refractivity contribution in [3.8, 4) is 5.75 Å². The van der Waals surface area contributed by atoms with E-state index in [0.29, 0.717) is 29.4 Å². The number of carbonyl (C=O) groups is 2. The fraction of sp³-hybridized carbons (Fsp3) is 0.333. The van der Waals surface area contributed by atoms with Crippen molar-refractivity contribution < 1.29 is 19.1 Å². The second-order valence-corrected chi connectivity index (χ2v) is 8.44. The number of rotatable bonds is 6. The van der Waals surface area contributed by atoms with Crippen LogP contribution in [0.2, 0.25) is 5.02 Å². The molecule has 0 aliphatic carbocycles. The molecule has 5 nitrogen and oxygen atoms in total. The molecule has 146 valence electrons. The third-order valence-corrected chi connectivity index (χ3v) is 6.88. The number of carbonyl (C=O) groups excluding carboxylic acids is 2. The van der Waals surface area contributed by atoms with Gasteiger partial charge in [-0.1, -0.05) is 41.9 Å². The summed E-state index contributed by atoms with van der Waals surface area (Å²) in [5, 5.41) is 0.634. The van der Waals surface area contributed by atoms with Crippen molar-refractivity contribution in [2.75, 3.05) is 19.0 Å². The molecule has 2 fully saturated rings. The molecule has 0 aromatic heterocycles. The number of thioether (sulfide) groups is 1. The minimum Gasteiger partial charge on any atom is -0.490 e. The molecule has 2 heterocycles. The minimum absolute atomic E-state index is 0.00761. The van der Waals surface area contributed by atoms with Crippen LogP contribution in [-0.4, -0.2) is 41.8 Å². The van der Waals surface area contributed by atoms with Crippen molar-refractivity contribution in [2.45, 2.75) is 23.8 Å². The van der Waals surface area contributed by atoms with E-state index in [0.717, 1.165) is 5.56 Å². The number of hydrogen-bond acceptors (Lipinski definition) is 5. The molecule has 0 bridgehead atoms. The Morgan fingerprint density at radius 1 is 1.14 bits per heavy atom. The Balaban J connectivity index is 1.37. The lowest BCUT2D eigenvalue weighted by atomic mass is 10.0. The topological polar surface area (TPSA) is 55.8 Å². The van der Waals surface area contributed by atoms with Crippen molar-refractivity contribution in [1.82, 2.24) is 4.90 Å². The standard InChI is InChI=1S/C21H20ClNO4S/c22-16-6-8-17(9-7-16)26-12-13-27-20(25)18-14-28-21(11-10-19(24)23(18)21)15-4-2-1-3-5-15/h1-9,18H,10-14H2. The lowest BCUT2D eigenvalue weighted by Gasteiger charge is -2.33. The van der Waals surface area contributed by atoms with E-state index in [1.165, 1.54) is 0 Å². The molecule has 2 aromatic carbocycles. The summed E-state index contributed by atoms with van der Waals surface area (Å²) in [6, 6.07) is 16.4. The van der Waals surface area contributed by atoms with Gasteiger partial charge in [0.05, 0.1) is 0 Å². The predicted molar refractivity (Wildman–Crippen MR) is 108 cm³/mol. The number of hydrogen-bond donors (Lipinski definition) is 0. The average molecular weight is 418 g/mol. The fourth-order valence-electron chi connectivity index (χ4n) is 3.74. The van der Waals surface area contributed by atoms with Gasteiger partial charge in [0, 0.05) is 17.2 Å². The van der Waals surface area contributed by atoms with Crippen molar-refractivity contribution in [3.05, 3.63) is 65.2 Å². The molecular formula is C21H20ClNO4S. The first-order valence-electron chi connectivity index (χ1n) is 9.17. The van der Waals surface area contributed by atoms with Crippen LogP contribution >= 0.6 is 23.4 Å². The second-order valence-electron chi connectivity index (χ2n) is 6.71. The number of ether oxygens (including phenoxy) is 2. The van der Waals surface area contributed by atoms with Gasteiger partial charge in [0.1, 0.15) is 29.9 Å².